The van der Waals surface area contributed by atoms with Crippen LogP contribution in [0, 0.1) is 0 Å². The molecular formula is C53H95NO5. The quantitative estimate of drug-likeness (QED) is 0.0323. The van der Waals surface area contributed by atoms with Gasteiger partial charge in [0.1, 0.15) is 6.10 Å². The number of allylic oxidation sites excluding steroid dienone is 10. The SMILES string of the molecule is CC/C=C/C=C/C=C\C=C/C=C/CCCCCC(=O)OC(CCCCCCCCCCCCCCC)CC(=O)NC(CO)C(O)CCCCCCCCCCCCCC. The highest BCUT2D eigenvalue weighted by atomic mass is 16.5. The highest BCUT2D eigenvalue weighted by Gasteiger charge is 2.24. The maximum absolute atomic E-state index is 13.2. The Kier molecular flexibility index (Phi) is 44.7. The molecule has 0 spiro atoms. The molecule has 0 rings (SSSR count). The number of esters is 1. The Labute approximate surface area is 365 Å². The molecule has 342 valence electrons. The second kappa shape index (κ2) is 46.6. The summed E-state index contributed by atoms with van der Waals surface area (Å²) in [6.45, 7) is 6.33. The Hall–Kier alpha value is -2.44. The molecule has 0 aromatic rings. The molecule has 0 aliphatic rings. The Morgan fingerprint density at radius 3 is 1.37 bits per heavy atom. The highest BCUT2D eigenvalue weighted by Crippen LogP contribution is 2.18. The topological polar surface area (TPSA) is 95.9 Å². The third-order valence-corrected chi connectivity index (χ3v) is 11.2. The maximum Gasteiger partial charge on any atom is 0.306 e. The lowest BCUT2D eigenvalue weighted by Gasteiger charge is -2.24. The van der Waals surface area contributed by atoms with Crippen molar-refractivity contribution >= 4 is 11.9 Å². The highest BCUT2D eigenvalue weighted by molar-refractivity contribution is 5.77. The van der Waals surface area contributed by atoms with Crippen molar-refractivity contribution in [2.75, 3.05) is 6.61 Å². The minimum Gasteiger partial charge on any atom is -0.462 e. The van der Waals surface area contributed by atoms with Crippen LogP contribution in [0.3, 0.4) is 0 Å². The molecule has 0 saturated heterocycles. The largest absolute Gasteiger partial charge is 0.462 e. The van der Waals surface area contributed by atoms with E-state index in [0.717, 1.165) is 70.6 Å². The summed E-state index contributed by atoms with van der Waals surface area (Å²) in [4.78, 5) is 26.1. The van der Waals surface area contributed by atoms with E-state index in [-0.39, 0.29) is 24.9 Å². The Morgan fingerprint density at radius 2 is 0.915 bits per heavy atom. The van der Waals surface area contributed by atoms with Crippen molar-refractivity contribution in [1.29, 1.82) is 0 Å². The zero-order chi connectivity index (χ0) is 43.1. The minimum atomic E-state index is -0.794. The lowest BCUT2D eigenvalue weighted by atomic mass is 10.0. The molecule has 0 saturated carbocycles. The lowest BCUT2D eigenvalue weighted by Crippen LogP contribution is -2.46. The first-order valence-corrected chi connectivity index (χ1v) is 25.1. The summed E-state index contributed by atoms with van der Waals surface area (Å²) in [7, 11) is 0. The van der Waals surface area contributed by atoms with Crippen molar-refractivity contribution < 1.29 is 24.5 Å². The first-order valence-electron chi connectivity index (χ1n) is 25.1. The lowest BCUT2D eigenvalue weighted by molar-refractivity contribution is -0.151. The molecule has 3 unspecified atom stereocenters. The van der Waals surface area contributed by atoms with E-state index in [4.69, 9.17) is 4.74 Å². The molecule has 3 atom stereocenters. The third-order valence-electron chi connectivity index (χ3n) is 11.2. The second-order valence-corrected chi connectivity index (χ2v) is 17.0. The van der Waals surface area contributed by atoms with Crippen molar-refractivity contribution in [2.45, 2.75) is 257 Å². The van der Waals surface area contributed by atoms with Crippen LogP contribution in [-0.2, 0) is 14.3 Å². The van der Waals surface area contributed by atoms with Crippen molar-refractivity contribution in [2.24, 2.45) is 0 Å². The van der Waals surface area contributed by atoms with Crippen molar-refractivity contribution in [3.05, 3.63) is 60.8 Å². The van der Waals surface area contributed by atoms with Gasteiger partial charge in [0.15, 0.2) is 0 Å². The van der Waals surface area contributed by atoms with Crippen LogP contribution in [0.1, 0.15) is 239 Å². The van der Waals surface area contributed by atoms with Gasteiger partial charge >= 0.3 is 5.97 Å². The summed E-state index contributed by atoms with van der Waals surface area (Å²) in [5.74, 6) is -0.519. The summed E-state index contributed by atoms with van der Waals surface area (Å²) >= 11 is 0. The van der Waals surface area contributed by atoms with Crippen LogP contribution in [0.25, 0.3) is 0 Å². The molecule has 1 amide bonds. The van der Waals surface area contributed by atoms with Crippen LogP contribution in [0.4, 0.5) is 0 Å². The molecule has 0 radical (unpaired) electrons. The van der Waals surface area contributed by atoms with E-state index >= 15 is 0 Å². The Bertz CT molecular complexity index is 1060. The van der Waals surface area contributed by atoms with Gasteiger partial charge in [0.2, 0.25) is 5.91 Å². The van der Waals surface area contributed by atoms with Crippen molar-refractivity contribution in [1.82, 2.24) is 5.32 Å². The number of unbranched alkanes of at least 4 members (excludes halogenated alkanes) is 26. The number of amides is 1. The third kappa shape index (κ3) is 42.1. The molecular weight excluding hydrogens is 731 g/mol. The predicted molar refractivity (Wildman–Crippen MR) is 255 cm³/mol. The van der Waals surface area contributed by atoms with Crippen LogP contribution in [0.15, 0.2) is 60.8 Å². The van der Waals surface area contributed by atoms with E-state index in [2.05, 4.69) is 50.4 Å². The van der Waals surface area contributed by atoms with Gasteiger partial charge in [0.05, 0.1) is 25.2 Å². The fourth-order valence-corrected chi connectivity index (χ4v) is 7.45. The molecule has 0 heterocycles. The van der Waals surface area contributed by atoms with Crippen LogP contribution in [0.2, 0.25) is 0 Å². The number of hydrogen-bond acceptors (Lipinski definition) is 5. The molecule has 3 N–H and O–H groups in total. The maximum atomic E-state index is 13.2. The zero-order valence-electron chi connectivity index (χ0n) is 38.9. The van der Waals surface area contributed by atoms with Gasteiger partial charge in [0.25, 0.3) is 0 Å². The standard InChI is InChI=1S/C53H95NO5/c1-4-7-10-13-16-19-22-25-26-28-31-34-37-40-43-46-53(58)59-49(44-41-38-35-32-29-27-23-20-17-14-11-8-5-2)47-52(57)54-50(48-55)51(56)45-42-39-36-33-30-24-21-18-15-12-9-6-3/h7,10,13,16,19,22,25-26,28,31,49-51,55-56H,4-6,8-9,11-12,14-15,17-18,20-21,23-24,27,29-30,32-48H2,1-3H3,(H,54,57)/b10-7+,16-13+,22-19-,26-25-,31-28+. The van der Waals surface area contributed by atoms with E-state index in [0.29, 0.717) is 19.3 Å². The number of aliphatic hydroxyl groups is 2. The second-order valence-electron chi connectivity index (χ2n) is 17.0. The van der Waals surface area contributed by atoms with Gasteiger partial charge < -0.3 is 20.3 Å². The van der Waals surface area contributed by atoms with Gasteiger partial charge in [-0.1, -0.05) is 242 Å². The summed E-state index contributed by atoms with van der Waals surface area (Å²) in [5, 5.41) is 23.7. The number of ether oxygens (including phenoxy) is 1. The van der Waals surface area contributed by atoms with Gasteiger partial charge in [-0.25, -0.2) is 0 Å². The summed E-state index contributed by atoms with van der Waals surface area (Å²) < 4.78 is 5.91. The van der Waals surface area contributed by atoms with Crippen LogP contribution < -0.4 is 5.32 Å². The number of hydrogen-bond donors (Lipinski definition) is 3. The first kappa shape index (κ1) is 56.6. The molecule has 0 aliphatic heterocycles. The van der Waals surface area contributed by atoms with E-state index < -0.39 is 18.2 Å². The summed E-state index contributed by atoms with van der Waals surface area (Å²) in [5.41, 5.74) is 0. The van der Waals surface area contributed by atoms with Gasteiger partial charge in [-0.05, 0) is 44.9 Å². The predicted octanol–water partition coefficient (Wildman–Crippen LogP) is 14.8. The number of rotatable bonds is 44. The van der Waals surface area contributed by atoms with E-state index in [9.17, 15) is 19.8 Å². The molecule has 6 heteroatoms. The molecule has 0 bridgehead atoms. The molecule has 0 aromatic carbocycles. The first-order chi connectivity index (χ1) is 29.0. The number of carbonyl (C=O) groups excluding carboxylic acids is 2. The smallest absolute Gasteiger partial charge is 0.306 e. The summed E-state index contributed by atoms with van der Waals surface area (Å²) in [6.07, 6.45) is 57.0. The number of aliphatic hydroxyl groups excluding tert-OH is 2. The minimum absolute atomic E-state index is 0.0610. The molecule has 59 heavy (non-hydrogen) atoms. The monoisotopic (exact) mass is 826 g/mol. The zero-order valence-corrected chi connectivity index (χ0v) is 38.9. The summed E-state index contributed by atoms with van der Waals surface area (Å²) in [6, 6.07) is -0.709. The fourth-order valence-electron chi connectivity index (χ4n) is 7.45. The molecule has 0 aromatic heterocycles. The van der Waals surface area contributed by atoms with E-state index in [1.54, 1.807) is 0 Å². The number of carbonyl (C=O) groups is 2. The molecule has 0 fully saturated rings. The Morgan fingerprint density at radius 1 is 0.508 bits per heavy atom. The van der Waals surface area contributed by atoms with Crippen LogP contribution in [0.5, 0.6) is 0 Å². The van der Waals surface area contributed by atoms with E-state index in [1.165, 1.54) is 122 Å². The van der Waals surface area contributed by atoms with Crippen LogP contribution >= 0.6 is 0 Å². The van der Waals surface area contributed by atoms with Gasteiger partial charge in [-0.2, -0.15) is 0 Å². The fraction of sp³-hybridized carbons (Fsp3) is 0.774. The Balaban J connectivity index is 4.65. The average Bonchev–Trinajstić information content (AvgIpc) is 3.23. The number of nitrogens with one attached hydrogen (secondary N) is 1. The normalized spacial score (nSPS) is 13.8. The van der Waals surface area contributed by atoms with E-state index in [1.807, 2.05) is 36.5 Å². The average molecular weight is 826 g/mol. The van der Waals surface area contributed by atoms with Crippen LogP contribution in [-0.4, -0.2) is 46.9 Å². The van der Waals surface area contributed by atoms with Crippen molar-refractivity contribution in [3.63, 3.8) is 0 Å². The van der Waals surface area contributed by atoms with Gasteiger partial charge in [0, 0.05) is 6.42 Å². The van der Waals surface area contributed by atoms with Gasteiger partial charge in [-0.15, -0.1) is 0 Å². The van der Waals surface area contributed by atoms with Crippen molar-refractivity contribution in [3.8, 4) is 0 Å². The molecule has 6 nitrogen and oxygen atoms in total. The van der Waals surface area contributed by atoms with Gasteiger partial charge in [-0.3, -0.25) is 9.59 Å². The molecule has 0 aliphatic carbocycles.